The number of aryl methyl sites for hydroxylation is 1. The molecule has 0 radical (unpaired) electrons. The Kier molecular flexibility index (Phi) is 4.19. The van der Waals surface area contributed by atoms with Crippen molar-refractivity contribution in [2.75, 3.05) is 0 Å². The third kappa shape index (κ3) is 3.20. The van der Waals surface area contributed by atoms with Crippen LogP contribution in [0.5, 0.6) is 0 Å². The second kappa shape index (κ2) is 5.67. The van der Waals surface area contributed by atoms with Crippen LogP contribution in [0.3, 0.4) is 0 Å². The van der Waals surface area contributed by atoms with E-state index in [2.05, 4.69) is 42.2 Å². The van der Waals surface area contributed by atoms with Gasteiger partial charge in [0.15, 0.2) is 0 Å². The van der Waals surface area contributed by atoms with E-state index in [0.717, 1.165) is 14.8 Å². The second-order valence-corrected chi connectivity index (χ2v) is 5.63. The Bertz CT molecular complexity index is 560. The molecular weight excluding hydrogens is 362 g/mol. The van der Waals surface area contributed by atoms with Crippen molar-refractivity contribution >= 4 is 37.8 Å². The number of carbonyl (C=O) groups is 1. The molecule has 0 aliphatic rings. The van der Waals surface area contributed by atoms with Gasteiger partial charge in [-0.2, -0.15) is 0 Å². The maximum Gasteiger partial charge on any atom is 0.251 e. The van der Waals surface area contributed by atoms with E-state index in [4.69, 9.17) is 0 Å². The van der Waals surface area contributed by atoms with E-state index < -0.39 is 0 Å². The molecule has 0 atom stereocenters. The second-order valence-electron chi connectivity index (χ2n) is 3.80. The zero-order chi connectivity index (χ0) is 13.1. The molecule has 0 spiro atoms. The van der Waals surface area contributed by atoms with E-state index in [1.807, 2.05) is 23.9 Å². The van der Waals surface area contributed by atoms with Gasteiger partial charge in [-0.05, 0) is 18.2 Å². The number of hydrogen-bond acceptors (Lipinski definition) is 2. The summed E-state index contributed by atoms with van der Waals surface area (Å²) in [5.74, 6) is 0.692. The van der Waals surface area contributed by atoms with E-state index in [0.29, 0.717) is 12.1 Å². The molecule has 0 aliphatic heterocycles. The summed E-state index contributed by atoms with van der Waals surface area (Å²) in [6.07, 6.45) is 3.55. The van der Waals surface area contributed by atoms with Crippen LogP contribution in [0, 0.1) is 0 Å². The molecule has 0 aliphatic carbocycles. The monoisotopic (exact) mass is 371 g/mol. The summed E-state index contributed by atoms with van der Waals surface area (Å²) in [5.41, 5.74) is 0.602. The normalized spacial score (nSPS) is 10.4. The zero-order valence-electron chi connectivity index (χ0n) is 9.65. The lowest BCUT2D eigenvalue weighted by molar-refractivity contribution is 0.0949. The summed E-state index contributed by atoms with van der Waals surface area (Å²) in [6.45, 7) is 0.409. The van der Waals surface area contributed by atoms with Crippen molar-refractivity contribution in [3.63, 3.8) is 0 Å². The van der Waals surface area contributed by atoms with Gasteiger partial charge in [0, 0.05) is 34.0 Å². The maximum atomic E-state index is 12.0. The van der Waals surface area contributed by atoms with Crippen LogP contribution in [0.4, 0.5) is 0 Å². The lowest BCUT2D eigenvalue weighted by Crippen LogP contribution is -2.24. The van der Waals surface area contributed by atoms with Crippen molar-refractivity contribution in [1.82, 2.24) is 14.9 Å². The van der Waals surface area contributed by atoms with E-state index >= 15 is 0 Å². The average molecular weight is 373 g/mol. The van der Waals surface area contributed by atoms with Crippen LogP contribution >= 0.6 is 31.9 Å². The van der Waals surface area contributed by atoms with Crippen molar-refractivity contribution in [3.05, 3.63) is 50.9 Å². The molecule has 4 nitrogen and oxygen atoms in total. The largest absolute Gasteiger partial charge is 0.345 e. The first-order valence-corrected chi connectivity index (χ1v) is 6.85. The summed E-state index contributed by atoms with van der Waals surface area (Å²) >= 11 is 6.71. The third-order valence-electron chi connectivity index (χ3n) is 2.45. The predicted octanol–water partition coefficient (Wildman–Crippen LogP) is 2.88. The van der Waals surface area contributed by atoms with Crippen molar-refractivity contribution in [3.8, 4) is 0 Å². The molecule has 1 N–H and O–H groups in total. The minimum Gasteiger partial charge on any atom is -0.345 e. The quantitative estimate of drug-likeness (QED) is 0.900. The number of halogens is 2. The van der Waals surface area contributed by atoms with Gasteiger partial charge in [-0.1, -0.05) is 31.9 Å². The van der Waals surface area contributed by atoms with Crippen LogP contribution in [-0.4, -0.2) is 15.5 Å². The predicted molar refractivity (Wildman–Crippen MR) is 76.2 cm³/mol. The average Bonchev–Trinajstić information content (AvgIpc) is 2.70. The fourth-order valence-corrected chi connectivity index (χ4v) is 2.81. The third-order valence-corrected chi connectivity index (χ3v) is 3.37. The number of hydrogen-bond donors (Lipinski definition) is 1. The summed E-state index contributed by atoms with van der Waals surface area (Å²) in [6, 6.07) is 5.44. The van der Waals surface area contributed by atoms with Crippen molar-refractivity contribution < 1.29 is 4.79 Å². The first-order chi connectivity index (χ1) is 8.56. The minimum absolute atomic E-state index is 0.125. The number of aromatic nitrogens is 2. The highest BCUT2D eigenvalue weighted by Crippen LogP contribution is 2.20. The number of imidazole rings is 1. The van der Waals surface area contributed by atoms with E-state index in [-0.39, 0.29) is 5.91 Å². The number of carbonyl (C=O) groups excluding carboxylic acids is 1. The lowest BCUT2D eigenvalue weighted by atomic mass is 10.2. The Balaban J connectivity index is 2.06. The fraction of sp³-hybridized carbons (Fsp3) is 0.167. The molecule has 0 unspecified atom stereocenters. The van der Waals surface area contributed by atoms with Gasteiger partial charge in [0.25, 0.3) is 5.91 Å². The first-order valence-electron chi connectivity index (χ1n) is 5.27. The minimum atomic E-state index is -0.125. The van der Waals surface area contributed by atoms with E-state index in [1.165, 1.54) is 0 Å². The molecule has 0 saturated carbocycles. The lowest BCUT2D eigenvalue weighted by Gasteiger charge is -2.06. The van der Waals surface area contributed by atoms with Crippen LogP contribution in [0.25, 0.3) is 0 Å². The number of benzene rings is 1. The molecule has 2 rings (SSSR count). The van der Waals surface area contributed by atoms with Crippen LogP contribution in [0.15, 0.2) is 39.5 Å². The van der Waals surface area contributed by atoms with Gasteiger partial charge < -0.3 is 9.88 Å². The van der Waals surface area contributed by atoms with Gasteiger partial charge in [0.1, 0.15) is 5.82 Å². The van der Waals surface area contributed by atoms with Gasteiger partial charge in [-0.15, -0.1) is 0 Å². The van der Waals surface area contributed by atoms with Crippen molar-refractivity contribution in [1.29, 1.82) is 0 Å². The zero-order valence-corrected chi connectivity index (χ0v) is 12.8. The molecule has 0 bridgehead atoms. The van der Waals surface area contributed by atoms with E-state index in [1.54, 1.807) is 18.3 Å². The molecule has 18 heavy (non-hydrogen) atoms. The Hall–Kier alpha value is -1.14. The SMILES string of the molecule is Cn1ccnc1CNC(=O)c1cc(Br)cc(Br)c1. The number of nitrogens with zero attached hydrogens (tertiary/aromatic N) is 2. The van der Waals surface area contributed by atoms with Crippen molar-refractivity contribution in [2.45, 2.75) is 6.54 Å². The highest BCUT2D eigenvalue weighted by Gasteiger charge is 2.08. The van der Waals surface area contributed by atoms with Crippen LogP contribution < -0.4 is 5.32 Å². The van der Waals surface area contributed by atoms with Gasteiger partial charge in [0.05, 0.1) is 6.54 Å². The number of amides is 1. The molecule has 2 aromatic rings. The first kappa shape index (κ1) is 13.3. The molecule has 94 valence electrons. The highest BCUT2D eigenvalue weighted by molar-refractivity contribution is 9.11. The standard InChI is InChI=1S/C12H11Br2N3O/c1-17-3-2-15-11(17)7-16-12(18)8-4-9(13)6-10(14)5-8/h2-6H,7H2,1H3,(H,16,18). The molecule has 1 aromatic heterocycles. The molecular formula is C12H11Br2N3O. The Morgan fingerprint density at radius 2 is 2.00 bits per heavy atom. The van der Waals surface area contributed by atoms with Gasteiger partial charge >= 0.3 is 0 Å². The van der Waals surface area contributed by atoms with Gasteiger partial charge in [-0.25, -0.2) is 4.98 Å². The summed E-state index contributed by atoms with van der Waals surface area (Å²) in [4.78, 5) is 16.1. The maximum absolute atomic E-state index is 12.0. The number of rotatable bonds is 3. The van der Waals surface area contributed by atoms with E-state index in [9.17, 15) is 4.79 Å². The fourth-order valence-electron chi connectivity index (χ4n) is 1.51. The molecule has 0 fully saturated rings. The summed E-state index contributed by atoms with van der Waals surface area (Å²) in [7, 11) is 1.89. The van der Waals surface area contributed by atoms with Gasteiger partial charge in [0.2, 0.25) is 0 Å². The van der Waals surface area contributed by atoms with Gasteiger partial charge in [-0.3, -0.25) is 4.79 Å². The number of nitrogens with one attached hydrogen (secondary N) is 1. The molecule has 6 heteroatoms. The Labute approximate surface area is 122 Å². The smallest absolute Gasteiger partial charge is 0.251 e. The molecule has 1 amide bonds. The van der Waals surface area contributed by atoms with Crippen molar-refractivity contribution in [2.24, 2.45) is 7.05 Å². The Morgan fingerprint density at radius 1 is 1.33 bits per heavy atom. The van der Waals surface area contributed by atoms with Crippen LogP contribution in [0.1, 0.15) is 16.2 Å². The summed E-state index contributed by atoms with van der Waals surface area (Å²) in [5, 5.41) is 2.83. The summed E-state index contributed by atoms with van der Waals surface area (Å²) < 4.78 is 3.59. The molecule has 1 aromatic carbocycles. The molecule has 1 heterocycles. The Morgan fingerprint density at radius 3 is 2.56 bits per heavy atom. The van der Waals surface area contributed by atoms with Crippen LogP contribution in [-0.2, 0) is 13.6 Å². The molecule has 0 saturated heterocycles. The topological polar surface area (TPSA) is 46.9 Å². The highest BCUT2D eigenvalue weighted by atomic mass is 79.9. The van der Waals surface area contributed by atoms with Crippen LogP contribution in [0.2, 0.25) is 0 Å².